The molecule has 212 valence electrons. The maximum Gasteiger partial charge on any atom is 0.403 e. The third kappa shape index (κ3) is 6.35. The van der Waals surface area contributed by atoms with Gasteiger partial charge >= 0.3 is 12.2 Å². The molecule has 2 amide bonds. The molecule has 9 atom stereocenters. The first kappa shape index (κ1) is 27.8. The normalized spacial score (nSPS) is 41.5. The maximum absolute atomic E-state index is 13.6. The molecule has 0 aromatic heterocycles. The van der Waals surface area contributed by atoms with Gasteiger partial charge in [-0.1, -0.05) is 0 Å². The fourth-order valence-corrected chi connectivity index (χ4v) is 8.40. The second-order valence-electron chi connectivity index (χ2n) is 11.7. The molecule has 8 nitrogen and oxygen atoms in total. The summed E-state index contributed by atoms with van der Waals surface area (Å²) in [6.45, 7) is 6.94. The van der Waals surface area contributed by atoms with Crippen LogP contribution in [0.3, 0.4) is 0 Å². The molecule has 0 aromatic carbocycles. The van der Waals surface area contributed by atoms with Gasteiger partial charge < -0.3 is 26.2 Å². The molecule has 5 saturated heterocycles. The van der Waals surface area contributed by atoms with Gasteiger partial charge in [0.2, 0.25) is 0 Å². The quantitative estimate of drug-likeness (QED) is 0.360. The smallest absolute Gasteiger partial charge is 0.331 e. The van der Waals surface area contributed by atoms with Gasteiger partial charge in [-0.05, 0) is 81.8 Å². The largest absolute Gasteiger partial charge is 0.403 e. The first-order valence-electron chi connectivity index (χ1n) is 14.0. The lowest BCUT2D eigenvalue weighted by atomic mass is 9.71. The van der Waals surface area contributed by atoms with Crippen molar-refractivity contribution in [2.45, 2.75) is 88.6 Å². The molecule has 0 spiro atoms. The number of fused-ring (bicyclic) bond motifs is 1. The number of amides is 2. The minimum atomic E-state index is -4.19. The lowest BCUT2D eigenvalue weighted by Gasteiger charge is -2.51. The second kappa shape index (κ2) is 11.8. The Bertz CT molecular complexity index is 770. The molecule has 9 unspecified atom stereocenters. The highest BCUT2D eigenvalue weighted by Crippen LogP contribution is 2.41. The molecule has 5 fully saturated rings. The van der Waals surface area contributed by atoms with Gasteiger partial charge in [-0.15, -0.1) is 0 Å². The number of carbonyl (C=O) groups excluding carboxylic acids is 1. The van der Waals surface area contributed by atoms with E-state index in [2.05, 4.69) is 26.7 Å². The standard InChI is InChI=1S/C25H43F3N6O2S/c1-14-21(15(2)36-33-14)32-24(35)34-8-5-16(6-9-34)11-29-23-18-3-4-20(25(26,27)28)31-22(18)19(12-30-23)17-7-10-37-13-17/h14-23,29-31,33H,3-13H2,1-2H3,(H,32,35). The second-order valence-corrected chi connectivity index (χ2v) is 12.9. The van der Waals surface area contributed by atoms with E-state index in [1.165, 1.54) is 0 Å². The van der Waals surface area contributed by atoms with Crippen LogP contribution in [0.5, 0.6) is 0 Å². The average molecular weight is 549 g/mol. The number of hydroxylamine groups is 1. The fourth-order valence-electron chi connectivity index (χ4n) is 7.04. The Morgan fingerprint density at radius 3 is 2.54 bits per heavy atom. The van der Waals surface area contributed by atoms with Gasteiger partial charge in [0.1, 0.15) is 6.04 Å². The van der Waals surface area contributed by atoms with Crippen LogP contribution in [0, 0.1) is 23.7 Å². The summed E-state index contributed by atoms with van der Waals surface area (Å²) in [6, 6.07) is -1.52. The molecule has 0 bridgehead atoms. The first-order valence-corrected chi connectivity index (χ1v) is 15.2. The molecule has 5 aliphatic heterocycles. The van der Waals surface area contributed by atoms with Crippen molar-refractivity contribution in [3.05, 3.63) is 0 Å². The number of nitrogens with one attached hydrogen (secondary N) is 5. The van der Waals surface area contributed by atoms with E-state index in [1.54, 1.807) is 0 Å². The van der Waals surface area contributed by atoms with E-state index in [-0.39, 0.29) is 54.7 Å². The van der Waals surface area contributed by atoms with E-state index in [0.717, 1.165) is 43.9 Å². The SMILES string of the molecule is CC1NOC(C)C1NC(=O)N1CCC(CNC2NCC(C3CCSC3)C3NC(C(F)(F)F)CCC23)CC1. The van der Waals surface area contributed by atoms with E-state index in [1.807, 2.05) is 30.5 Å². The summed E-state index contributed by atoms with van der Waals surface area (Å²) in [6.07, 6.45) is -0.571. The summed E-state index contributed by atoms with van der Waals surface area (Å²) in [5.41, 5.74) is 2.92. The number of hydrogen-bond acceptors (Lipinski definition) is 7. The molecule has 5 heterocycles. The molecule has 0 saturated carbocycles. The van der Waals surface area contributed by atoms with E-state index in [4.69, 9.17) is 4.84 Å². The molecule has 37 heavy (non-hydrogen) atoms. The fraction of sp³-hybridized carbons (Fsp3) is 0.960. The highest BCUT2D eigenvalue weighted by Gasteiger charge is 2.51. The number of halogens is 3. The predicted octanol–water partition coefficient (Wildman–Crippen LogP) is 2.28. The zero-order valence-electron chi connectivity index (χ0n) is 21.9. The van der Waals surface area contributed by atoms with Crippen LogP contribution in [-0.4, -0.2) is 91.2 Å². The summed E-state index contributed by atoms with van der Waals surface area (Å²) >= 11 is 1.93. The number of alkyl halides is 3. The molecule has 0 aliphatic carbocycles. The Hall–Kier alpha value is -0.790. The van der Waals surface area contributed by atoms with Crippen molar-refractivity contribution >= 4 is 17.8 Å². The summed E-state index contributed by atoms with van der Waals surface area (Å²) < 4.78 is 40.8. The Morgan fingerprint density at radius 1 is 1.11 bits per heavy atom. The number of likely N-dealkylation sites (tertiary alicyclic amines) is 1. The van der Waals surface area contributed by atoms with E-state index in [0.29, 0.717) is 31.3 Å². The lowest BCUT2D eigenvalue weighted by Crippen LogP contribution is -2.69. The number of hydrogen-bond donors (Lipinski definition) is 5. The molecule has 0 aromatic rings. The van der Waals surface area contributed by atoms with Crippen LogP contribution in [0.4, 0.5) is 18.0 Å². The van der Waals surface area contributed by atoms with Crippen molar-refractivity contribution in [1.82, 2.24) is 31.6 Å². The number of urea groups is 1. The molecule has 12 heteroatoms. The van der Waals surface area contributed by atoms with E-state index in [9.17, 15) is 18.0 Å². The highest BCUT2D eigenvalue weighted by molar-refractivity contribution is 7.99. The van der Waals surface area contributed by atoms with Crippen LogP contribution in [0.15, 0.2) is 0 Å². The topological polar surface area (TPSA) is 89.7 Å². The van der Waals surface area contributed by atoms with Gasteiger partial charge in [0.25, 0.3) is 0 Å². The Kier molecular flexibility index (Phi) is 8.82. The van der Waals surface area contributed by atoms with E-state index >= 15 is 0 Å². The van der Waals surface area contributed by atoms with Crippen molar-refractivity contribution < 1.29 is 22.8 Å². The lowest BCUT2D eigenvalue weighted by molar-refractivity contribution is -0.170. The highest BCUT2D eigenvalue weighted by atomic mass is 32.2. The van der Waals surface area contributed by atoms with Crippen molar-refractivity contribution in [3.63, 3.8) is 0 Å². The molecular formula is C25H43F3N6O2S. The molecule has 5 rings (SSSR count). The summed E-state index contributed by atoms with van der Waals surface area (Å²) in [4.78, 5) is 20.1. The monoisotopic (exact) mass is 548 g/mol. The number of rotatable bonds is 5. The summed E-state index contributed by atoms with van der Waals surface area (Å²) in [5.74, 6) is 3.50. The third-order valence-electron chi connectivity index (χ3n) is 9.37. The van der Waals surface area contributed by atoms with Gasteiger partial charge in [0, 0.05) is 31.6 Å². The maximum atomic E-state index is 13.6. The number of carbonyl (C=O) groups is 1. The van der Waals surface area contributed by atoms with Crippen molar-refractivity contribution in [2.75, 3.05) is 37.7 Å². The van der Waals surface area contributed by atoms with Crippen molar-refractivity contribution in [2.24, 2.45) is 23.7 Å². The van der Waals surface area contributed by atoms with Crippen molar-refractivity contribution in [1.29, 1.82) is 0 Å². The van der Waals surface area contributed by atoms with Crippen LogP contribution in [0.1, 0.15) is 46.0 Å². The Morgan fingerprint density at radius 2 is 1.89 bits per heavy atom. The Balaban J connectivity index is 1.11. The molecular weight excluding hydrogens is 505 g/mol. The van der Waals surface area contributed by atoms with Gasteiger partial charge in [0.15, 0.2) is 0 Å². The van der Waals surface area contributed by atoms with Crippen LogP contribution >= 0.6 is 11.8 Å². The molecule has 5 aliphatic rings. The number of thioether (sulfide) groups is 1. The third-order valence-corrected chi connectivity index (χ3v) is 10.6. The van der Waals surface area contributed by atoms with Crippen LogP contribution in [0.25, 0.3) is 0 Å². The van der Waals surface area contributed by atoms with Crippen LogP contribution in [-0.2, 0) is 4.84 Å². The first-order chi connectivity index (χ1) is 17.7. The van der Waals surface area contributed by atoms with E-state index < -0.39 is 12.2 Å². The number of piperidine rings is 3. The summed E-state index contributed by atoms with van der Waals surface area (Å²) in [7, 11) is 0. The van der Waals surface area contributed by atoms with Gasteiger partial charge in [-0.3, -0.25) is 4.84 Å². The predicted molar refractivity (Wildman–Crippen MR) is 138 cm³/mol. The summed E-state index contributed by atoms with van der Waals surface area (Å²) in [5, 5.41) is 13.5. The average Bonchev–Trinajstić information content (AvgIpc) is 3.53. The minimum absolute atomic E-state index is 0.0242. The Labute approximate surface area is 222 Å². The van der Waals surface area contributed by atoms with Gasteiger partial charge in [0.05, 0.1) is 24.4 Å². The van der Waals surface area contributed by atoms with Crippen LogP contribution in [0.2, 0.25) is 0 Å². The number of nitrogens with zero attached hydrogens (tertiary/aromatic N) is 1. The molecule has 0 radical (unpaired) electrons. The minimum Gasteiger partial charge on any atom is -0.331 e. The van der Waals surface area contributed by atoms with Gasteiger partial charge in [-0.2, -0.15) is 30.4 Å². The zero-order valence-corrected chi connectivity index (χ0v) is 22.7. The van der Waals surface area contributed by atoms with Crippen LogP contribution < -0.4 is 26.7 Å². The zero-order chi connectivity index (χ0) is 26.2. The van der Waals surface area contributed by atoms with Crippen molar-refractivity contribution in [3.8, 4) is 0 Å². The van der Waals surface area contributed by atoms with Gasteiger partial charge in [-0.25, -0.2) is 4.79 Å². The molecule has 5 N–H and O–H groups in total.